The van der Waals surface area contributed by atoms with Gasteiger partial charge in [0, 0.05) is 44.6 Å². The van der Waals surface area contributed by atoms with E-state index in [1.807, 2.05) is 25.8 Å². The highest BCUT2D eigenvalue weighted by atomic mass is 16.5. The summed E-state index contributed by atoms with van der Waals surface area (Å²) in [6.07, 6.45) is 0.656. The Hall–Kier alpha value is -0.690. The van der Waals surface area contributed by atoms with Crippen molar-refractivity contribution in [2.75, 3.05) is 39.8 Å². The number of rotatable bonds is 4. The minimum Gasteiger partial charge on any atom is -0.378 e. The lowest BCUT2D eigenvalue weighted by Crippen LogP contribution is -2.77. The molecule has 6 heteroatoms. The van der Waals surface area contributed by atoms with Crippen molar-refractivity contribution >= 4 is 5.91 Å². The molecule has 1 saturated carbocycles. The van der Waals surface area contributed by atoms with Crippen molar-refractivity contribution in [3.05, 3.63) is 0 Å². The number of nitrogens with two attached hydrogens (primary N) is 1. The second-order valence-electron chi connectivity index (χ2n) is 6.57. The Morgan fingerprint density at radius 1 is 1.35 bits per heavy atom. The summed E-state index contributed by atoms with van der Waals surface area (Å²) in [5.74, 6) is -0.0805. The largest absolute Gasteiger partial charge is 0.378 e. The summed E-state index contributed by atoms with van der Waals surface area (Å²) in [4.78, 5) is 14.8. The fourth-order valence-electron chi connectivity index (χ4n) is 2.98. The minimum atomic E-state index is -0.837. The van der Waals surface area contributed by atoms with Crippen LogP contribution in [0.5, 0.6) is 0 Å². The van der Waals surface area contributed by atoms with Crippen molar-refractivity contribution in [3.8, 4) is 0 Å². The third-order valence-corrected chi connectivity index (χ3v) is 5.00. The van der Waals surface area contributed by atoms with Crippen LogP contribution in [0.1, 0.15) is 27.2 Å². The highest BCUT2D eigenvalue weighted by Crippen LogP contribution is 2.49. The summed E-state index contributed by atoms with van der Waals surface area (Å²) < 4.78 is 5.66. The molecule has 2 unspecified atom stereocenters. The van der Waals surface area contributed by atoms with Crippen molar-refractivity contribution in [1.29, 1.82) is 0 Å². The molecule has 0 aromatic heterocycles. The van der Waals surface area contributed by atoms with Gasteiger partial charge in [0.1, 0.15) is 5.54 Å². The van der Waals surface area contributed by atoms with E-state index >= 15 is 0 Å². The average molecular weight is 284 g/mol. The molecule has 116 valence electrons. The number of carbonyl (C=O) groups is 1. The molecule has 1 aliphatic carbocycles. The maximum Gasteiger partial charge on any atom is 0.255 e. The molecule has 1 saturated heterocycles. The quantitative estimate of drug-likeness (QED) is 0.748. The van der Waals surface area contributed by atoms with E-state index in [4.69, 9.17) is 10.5 Å². The van der Waals surface area contributed by atoms with Gasteiger partial charge in [-0.05, 0) is 14.0 Å². The fourth-order valence-corrected chi connectivity index (χ4v) is 2.98. The second kappa shape index (κ2) is 5.60. The normalized spacial score (nSPS) is 34.5. The first kappa shape index (κ1) is 15.7. The van der Waals surface area contributed by atoms with Gasteiger partial charge in [0.2, 0.25) is 0 Å². The number of piperazine rings is 1. The van der Waals surface area contributed by atoms with Crippen LogP contribution >= 0.6 is 0 Å². The van der Waals surface area contributed by atoms with E-state index in [1.165, 1.54) is 0 Å². The van der Waals surface area contributed by atoms with Gasteiger partial charge in [-0.15, -0.1) is 0 Å². The van der Waals surface area contributed by atoms with Crippen molar-refractivity contribution in [2.24, 2.45) is 11.1 Å². The number of nitrogens with one attached hydrogen (secondary N) is 1. The van der Waals surface area contributed by atoms with Gasteiger partial charge in [-0.2, -0.15) is 0 Å². The molecule has 2 fully saturated rings. The van der Waals surface area contributed by atoms with Gasteiger partial charge in [0.05, 0.1) is 6.10 Å². The standard InChI is InChI=1S/C14H28N4O2/c1-5-20-11-10-14(15,13(11,2)3)12(19)16-18-8-6-17(4)7-9-18/h11H,5-10,15H2,1-4H3,(H,16,19). The molecular weight excluding hydrogens is 256 g/mol. The molecular formula is C14H28N4O2. The predicted molar refractivity (Wildman–Crippen MR) is 77.9 cm³/mol. The average Bonchev–Trinajstić information content (AvgIpc) is 2.40. The van der Waals surface area contributed by atoms with Gasteiger partial charge in [0.15, 0.2) is 0 Å². The molecule has 2 atom stereocenters. The van der Waals surface area contributed by atoms with E-state index < -0.39 is 5.54 Å². The number of carbonyl (C=O) groups excluding carboxylic acids is 1. The molecule has 1 amide bonds. The van der Waals surface area contributed by atoms with Crippen LogP contribution in [0.15, 0.2) is 0 Å². The van der Waals surface area contributed by atoms with Gasteiger partial charge in [-0.1, -0.05) is 13.8 Å². The molecule has 3 N–H and O–H groups in total. The van der Waals surface area contributed by atoms with Crippen LogP contribution in [0, 0.1) is 5.41 Å². The van der Waals surface area contributed by atoms with E-state index in [9.17, 15) is 4.79 Å². The molecule has 1 aliphatic heterocycles. The van der Waals surface area contributed by atoms with Crippen LogP contribution < -0.4 is 11.2 Å². The van der Waals surface area contributed by atoms with Gasteiger partial charge < -0.3 is 15.4 Å². The molecule has 0 aromatic rings. The summed E-state index contributed by atoms with van der Waals surface area (Å²) >= 11 is 0. The van der Waals surface area contributed by atoms with Crippen molar-refractivity contribution in [2.45, 2.75) is 38.8 Å². The molecule has 2 aliphatic rings. The molecule has 0 bridgehead atoms. The predicted octanol–water partition coefficient (Wildman–Crippen LogP) is -0.202. The van der Waals surface area contributed by atoms with Crippen LogP contribution in [0.3, 0.4) is 0 Å². The Kier molecular flexibility index (Phi) is 4.39. The SMILES string of the molecule is CCOC1CC(N)(C(=O)NN2CCN(C)CC2)C1(C)C. The lowest BCUT2D eigenvalue weighted by Gasteiger charge is -2.57. The van der Waals surface area contributed by atoms with Crippen LogP contribution in [0.2, 0.25) is 0 Å². The topological polar surface area (TPSA) is 70.8 Å². The first-order valence-electron chi connectivity index (χ1n) is 7.46. The molecule has 2 rings (SSSR count). The number of hydrazine groups is 1. The Morgan fingerprint density at radius 3 is 2.45 bits per heavy atom. The van der Waals surface area contributed by atoms with Gasteiger partial charge in [-0.25, -0.2) is 5.01 Å². The lowest BCUT2D eigenvalue weighted by molar-refractivity contribution is -0.174. The molecule has 0 radical (unpaired) electrons. The first-order chi connectivity index (χ1) is 9.31. The molecule has 0 spiro atoms. The van der Waals surface area contributed by atoms with Crippen LogP contribution in [0.4, 0.5) is 0 Å². The maximum atomic E-state index is 12.5. The second-order valence-corrected chi connectivity index (χ2v) is 6.57. The lowest BCUT2D eigenvalue weighted by atomic mass is 9.54. The number of ether oxygens (including phenoxy) is 1. The van der Waals surface area contributed by atoms with E-state index in [1.54, 1.807) is 0 Å². The number of hydrogen-bond donors (Lipinski definition) is 2. The molecule has 0 aromatic carbocycles. The first-order valence-corrected chi connectivity index (χ1v) is 7.46. The zero-order valence-corrected chi connectivity index (χ0v) is 13.1. The van der Waals surface area contributed by atoms with Crippen LogP contribution in [-0.4, -0.2) is 67.3 Å². The molecule has 20 heavy (non-hydrogen) atoms. The van der Waals surface area contributed by atoms with Gasteiger partial charge >= 0.3 is 0 Å². The third-order valence-electron chi connectivity index (χ3n) is 5.00. The number of likely N-dealkylation sites (N-methyl/N-ethyl adjacent to an activating group) is 1. The molecule has 6 nitrogen and oxygen atoms in total. The summed E-state index contributed by atoms with van der Waals surface area (Å²) in [7, 11) is 2.09. The van der Waals surface area contributed by atoms with Crippen LogP contribution in [-0.2, 0) is 9.53 Å². The van der Waals surface area contributed by atoms with Crippen LogP contribution in [0.25, 0.3) is 0 Å². The van der Waals surface area contributed by atoms with E-state index in [2.05, 4.69) is 17.4 Å². The monoisotopic (exact) mass is 284 g/mol. The number of hydrogen-bond acceptors (Lipinski definition) is 5. The summed E-state index contributed by atoms with van der Waals surface area (Å²) in [5.41, 5.74) is 8.18. The van der Waals surface area contributed by atoms with Crippen molar-refractivity contribution < 1.29 is 9.53 Å². The highest BCUT2D eigenvalue weighted by molar-refractivity contribution is 5.88. The van der Waals surface area contributed by atoms with E-state index in [0.29, 0.717) is 13.0 Å². The number of amides is 1. The summed E-state index contributed by atoms with van der Waals surface area (Å²) in [6.45, 7) is 10.3. The fraction of sp³-hybridized carbons (Fsp3) is 0.929. The zero-order valence-electron chi connectivity index (χ0n) is 13.1. The Morgan fingerprint density at radius 2 is 1.95 bits per heavy atom. The number of nitrogens with zero attached hydrogens (tertiary/aromatic N) is 2. The van der Waals surface area contributed by atoms with Crippen molar-refractivity contribution in [1.82, 2.24) is 15.3 Å². The summed E-state index contributed by atoms with van der Waals surface area (Å²) in [5, 5.41) is 1.97. The highest BCUT2D eigenvalue weighted by Gasteiger charge is 2.63. The Balaban J connectivity index is 1.92. The third kappa shape index (κ3) is 2.57. The Bertz CT molecular complexity index is 366. The maximum absolute atomic E-state index is 12.5. The minimum absolute atomic E-state index is 0.0655. The zero-order chi connectivity index (χ0) is 15.0. The van der Waals surface area contributed by atoms with Gasteiger partial charge in [0.25, 0.3) is 5.91 Å². The Labute approximate surface area is 121 Å². The smallest absolute Gasteiger partial charge is 0.255 e. The van der Waals surface area contributed by atoms with Gasteiger partial charge in [-0.3, -0.25) is 10.2 Å². The van der Waals surface area contributed by atoms with E-state index in [0.717, 1.165) is 26.2 Å². The van der Waals surface area contributed by atoms with Crippen molar-refractivity contribution in [3.63, 3.8) is 0 Å². The molecule has 1 heterocycles. The summed E-state index contributed by atoms with van der Waals surface area (Å²) in [6, 6.07) is 0. The van der Waals surface area contributed by atoms with E-state index in [-0.39, 0.29) is 17.4 Å².